The molecule has 0 saturated carbocycles. The molecule has 1 rings (SSSR count). The van der Waals surface area contributed by atoms with E-state index < -0.39 is 17.2 Å². The number of rotatable bonds is 4. The lowest BCUT2D eigenvalue weighted by Gasteiger charge is -2.25. The van der Waals surface area contributed by atoms with Crippen molar-refractivity contribution in [3.05, 3.63) is 35.4 Å². The summed E-state index contributed by atoms with van der Waals surface area (Å²) >= 11 is 0. The predicted molar refractivity (Wildman–Crippen MR) is 54.2 cm³/mol. The molecule has 1 atom stereocenters. The highest BCUT2D eigenvalue weighted by atomic mass is 19.1. The quantitative estimate of drug-likeness (QED) is 0.806. The molecule has 0 aliphatic carbocycles. The van der Waals surface area contributed by atoms with Gasteiger partial charge in [-0.15, -0.1) is 0 Å². The van der Waals surface area contributed by atoms with E-state index in [0.717, 1.165) is 18.2 Å². The van der Waals surface area contributed by atoms with Crippen LogP contribution in [0.4, 0.5) is 8.78 Å². The first kappa shape index (κ1) is 12.1. The van der Waals surface area contributed by atoms with Crippen molar-refractivity contribution in [1.29, 1.82) is 0 Å². The molecule has 1 unspecified atom stereocenters. The Bertz CT molecular complexity index is 339. The summed E-state index contributed by atoms with van der Waals surface area (Å²) in [5.41, 5.74) is 5.08. The van der Waals surface area contributed by atoms with E-state index in [9.17, 15) is 8.78 Å². The van der Waals surface area contributed by atoms with Crippen molar-refractivity contribution in [2.75, 3.05) is 6.61 Å². The van der Waals surface area contributed by atoms with E-state index in [-0.39, 0.29) is 12.2 Å². The molecule has 0 spiro atoms. The zero-order valence-corrected chi connectivity index (χ0v) is 8.63. The average molecular weight is 215 g/mol. The van der Waals surface area contributed by atoms with Crippen molar-refractivity contribution in [3.8, 4) is 0 Å². The molecule has 1 aromatic carbocycles. The Balaban J connectivity index is 2.97. The first-order valence-electron chi connectivity index (χ1n) is 4.82. The zero-order chi connectivity index (χ0) is 11.5. The number of hydrogen-bond donors (Lipinski definition) is 2. The van der Waals surface area contributed by atoms with Gasteiger partial charge in [0.25, 0.3) is 0 Å². The molecule has 2 nitrogen and oxygen atoms in total. The van der Waals surface area contributed by atoms with Crippen LogP contribution in [-0.4, -0.2) is 11.7 Å². The fourth-order valence-corrected chi connectivity index (χ4v) is 1.52. The molecule has 0 amide bonds. The monoisotopic (exact) mass is 215 g/mol. The van der Waals surface area contributed by atoms with Gasteiger partial charge in [-0.2, -0.15) is 0 Å². The van der Waals surface area contributed by atoms with Gasteiger partial charge in [0.2, 0.25) is 0 Å². The summed E-state index contributed by atoms with van der Waals surface area (Å²) in [6.45, 7) is 1.62. The highest BCUT2D eigenvalue weighted by Crippen LogP contribution is 2.26. The van der Waals surface area contributed by atoms with E-state index in [4.69, 9.17) is 10.8 Å². The maximum absolute atomic E-state index is 13.4. The van der Waals surface area contributed by atoms with Crippen LogP contribution >= 0.6 is 0 Å². The molecule has 3 N–H and O–H groups in total. The number of hydrogen-bond acceptors (Lipinski definition) is 2. The van der Waals surface area contributed by atoms with Gasteiger partial charge < -0.3 is 10.8 Å². The van der Waals surface area contributed by atoms with E-state index in [1.54, 1.807) is 6.92 Å². The molecule has 0 radical (unpaired) electrons. The summed E-state index contributed by atoms with van der Waals surface area (Å²) in [7, 11) is 0. The first-order chi connectivity index (χ1) is 6.97. The van der Waals surface area contributed by atoms with Crippen molar-refractivity contribution >= 4 is 0 Å². The van der Waals surface area contributed by atoms with Gasteiger partial charge in [-0.05, 0) is 38.0 Å². The molecule has 1 aromatic rings. The number of aliphatic hydroxyl groups is 1. The topological polar surface area (TPSA) is 46.2 Å². The molecule has 0 heterocycles. The summed E-state index contributed by atoms with van der Waals surface area (Å²) in [5, 5.41) is 8.68. The minimum Gasteiger partial charge on any atom is -0.396 e. The summed E-state index contributed by atoms with van der Waals surface area (Å²) in [6, 6.07) is 3.22. The van der Waals surface area contributed by atoms with Crippen LogP contribution in [0.3, 0.4) is 0 Å². The first-order valence-corrected chi connectivity index (χ1v) is 4.82. The summed E-state index contributed by atoms with van der Waals surface area (Å²) < 4.78 is 26.3. The van der Waals surface area contributed by atoms with Gasteiger partial charge in [0.1, 0.15) is 11.6 Å². The molecule has 15 heavy (non-hydrogen) atoms. The third-order valence-corrected chi connectivity index (χ3v) is 2.40. The third-order valence-electron chi connectivity index (χ3n) is 2.40. The smallest absolute Gasteiger partial charge is 0.128 e. The Hall–Kier alpha value is -1.00. The molecule has 0 aliphatic heterocycles. The van der Waals surface area contributed by atoms with Crippen LogP contribution in [0, 0.1) is 11.6 Å². The van der Waals surface area contributed by atoms with Gasteiger partial charge in [-0.25, -0.2) is 8.78 Å². The van der Waals surface area contributed by atoms with Crippen LogP contribution < -0.4 is 5.73 Å². The van der Waals surface area contributed by atoms with Crippen LogP contribution in [0.2, 0.25) is 0 Å². The van der Waals surface area contributed by atoms with Gasteiger partial charge >= 0.3 is 0 Å². The number of aliphatic hydroxyl groups excluding tert-OH is 1. The lowest BCUT2D eigenvalue weighted by atomic mass is 9.88. The Labute approximate surface area is 87.7 Å². The van der Waals surface area contributed by atoms with Gasteiger partial charge in [0, 0.05) is 17.7 Å². The molecule has 0 fully saturated rings. The Morgan fingerprint density at radius 2 is 2.07 bits per heavy atom. The number of nitrogens with two attached hydrogens (primary N) is 1. The number of halogens is 2. The normalized spacial score (nSPS) is 15.0. The molecular formula is C11H15F2NO. The van der Waals surface area contributed by atoms with Crippen LogP contribution in [0.1, 0.15) is 25.3 Å². The fourth-order valence-electron chi connectivity index (χ4n) is 1.52. The van der Waals surface area contributed by atoms with E-state index >= 15 is 0 Å². The summed E-state index contributed by atoms with van der Waals surface area (Å²) in [5.74, 6) is -1.02. The lowest BCUT2D eigenvalue weighted by Crippen LogP contribution is -2.34. The predicted octanol–water partition coefficient (Wildman–Crippen LogP) is 1.91. The van der Waals surface area contributed by atoms with Crippen LogP contribution in [0.5, 0.6) is 0 Å². The van der Waals surface area contributed by atoms with E-state index in [2.05, 4.69) is 0 Å². The Morgan fingerprint density at radius 1 is 1.40 bits per heavy atom. The van der Waals surface area contributed by atoms with Crippen molar-refractivity contribution in [2.24, 2.45) is 5.73 Å². The second-order valence-electron chi connectivity index (χ2n) is 3.87. The highest BCUT2D eigenvalue weighted by molar-refractivity contribution is 5.25. The Kier molecular flexibility index (Phi) is 3.77. The summed E-state index contributed by atoms with van der Waals surface area (Å²) in [4.78, 5) is 0. The molecule has 84 valence electrons. The second kappa shape index (κ2) is 4.68. The van der Waals surface area contributed by atoms with Gasteiger partial charge in [-0.1, -0.05) is 0 Å². The van der Waals surface area contributed by atoms with Gasteiger partial charge in [0.15, 0.2) is 0 Å². The van der Waals surface area contributed by atoms with Crippen molar-refractivity contribution in [3.63, 3.8) is 0 Å². The molecule has 0 aromatic heterocycles. The average Bonchev–Trinajstić information content (AvgIpc) is 2.18. The maximum atomic E-state index is 13.4. The largest absolute Gasteiger partial charge is 0.396 e. The SMILES string of the molecule is CC(N)(CCCO)c1cc(F)ccc1F. The highest BCUT2D eigenvalue weighted by Gasteiger charge is 2.24. The molecule has 4 heteroatoms. The van der Waals surface area contributed by atoms with Gasteiger partial charge in [0.05, 0.1) is 0 Å². The standard InChI is InChI=1S/C11H15F2NO/c1-11(14,5-2-6-15)9-7-8(12)3-4-10(9)13/h3-4,7,15H,2,5-6,14H2,1H3. The van der Waals surface area contributed by atoms with Crippen molar-refractivity contribution in [1.82, 2.24) is 0 Å². The zero-order valence-electron chi connectivity index (χ0n) is 8.63. The van der Waals surface area contributed by atoms with E-state index in [0.29, 0.717) is 12.8 Å². The second-order valence-corrected chi connectivity index (χ2v) is 3.87. The van der Waals surface area contributed by atoms with E-state index in [1.807, 2.05) is 0 Å². The summed E-state index contributed by atoms with van der Waals surface area (Å²) in [6.07, 6.45) is 0.868. The Morgan fingerprint density at radius 3 is 2.67 bits per heavy atom. The fraction of sp³-hybridized carbons (Fsp3) is 0.455. The van der Waals surface area contributed by atoms with E-state index in [1.165, 1.54) is 0 Å². The van der Waals surface area contributed by atoms with Crippen molar-refractivity contribution < 1.29 is 13.9 Å². The minimum absolute atomic E-state index is 0.0102. The third kappa shape index (κ3) is 2.97. The molecular weight excluding hydrogens is 200 g/mol. The number of benzene rings is 1. The molecule has 0 aliphatic rings. The van der Waals surface area contributed by atoms with Gasteiger partial charge in [-0.3, -0.25) is 0 Å². The molecule has 0 bridgehead atoms. The van der Waals surface area contributed by atoms with Crippen molar-refractivity contribution in [2.45, 2.75) is 25.3 Å². The van der Waals surface area contributed by atoms with Crippen LogP contribution in [0.25, 0.3) is 0 Å². The minimum atomic E-state index is -0.949. The maximum Gasteiger partial charge on any atom is 0.128 e. The van der Waals surface area contributed by atoms with Crippen LogP contribution in [0.15, 0.2) is 18.2 Å². The lowest BCUT2D eigenvalue weighted by molar-refractivity contribution is 0.264. The molecule has 0 saturated heterocycles. The van der Waals surface area contributed by atoms with Crippen LogP contribution in [-0.2, 0) is 5.54 Å².